The lowest BCUT2D eigenvalue weighted by molar-refractivity contribution is 0.264. The first-order chi connectivity index (χ1) is 7.57. The van der Waals surface area contributed by atoms with E-state index in [-0.39, 0.29) is 0 Å². The van der Waals surface area contributed by atoms with E-state index in [0.717, 1.165) is 5.84 Å². The molecule has 2 heteroatoms. The molecule has 2 aliphatic rings. The van der Waals surface area contributed by atoms with Crippen LogP contribution in [-0.2, 0) is 0 Å². The van der Waals surface area contributed by atoms with Gasteiger partial charge in [-0.3, -0.25) is 4.99 Å². The van der Waals surface area contributed by atoms with E-state index in [1.165, 1.54) is 44.9 Å². The first-order valence-electron chi connectivity index (χ1n) is 6.88. The van der Waals surface area contributed by atoms with Gasteiger partial charge in [0.1, 0.15) is 0 Å². The summed E-state index contributed by atoms with van der Waals surface area (Å²) in [5.74, 6) is 1.16. The molecule has 2 unspecified atom stereocenters. The Kier molecular flexibility index (Phi) is 3.56. The van der Waals surface area contributed by atoms with Crippen LogP contribution in [0.1, 0.15) is 65.7 Å². The molecule has 2 atom stereocenters. The number of hydrogen-bond acceptors (Lipinski definition) is 2. The van der Waals surface area contributed by atoms with Crippen molar-refractivity contribution >= 4 is 5.84 Å². The number of nitrogens with zero attached hydrogens (tertiary/aromatic N) is 1. The molecule has 0 spiro atoms. The molecule has 0 radical (unpaired) electrons. The smallest absolute Gasteiger partial charge is 0.0938 e. The lowest BCUT2D eigenvalue weighted by atomic mass is 9.80. The number of hydrogen-bond donors (Lipinski definition) is 1. The molecule has 16 heavy (non-hydrogen) atoms. The topological polar surface area (TPSA) is 24.4 Å². The van der Waals surface area contributed by atoms with E-state index in [1.54, 1.807) is 0 Å². The van der Waals surface area contributed by atoms with Crippen molar-refractivity contribution in [2.24, 2.45) is 10.4 Å². The quantitative estimate of drug-likeness (QED) is 0.666. The van der Waals surface area contributed by atoms with E-state index in [1.807, 2.05) is 0 Å². The molecule has 92 valence electrons. The zero-order chi connectivity index (χ0) is 11.6. The van der Waals surface area contributed by atoms with E-state index >= 15 is 0 Å². The summed E-state index contributed by atoms with van der Waals surface area (Å²) in [6.07, 6.45) is 9.43. The summed E-state index contributed by atoms with van der Waals surface area (Å²) in [6.45, 7) is 6.96. The van der Waals surface area contributed by atoms with Gasteiger partial charge in [0.2, 0.25) is 0 Å². The van der Waals surface area contributed by atoms with Crippen molar-refractivity contribution in [3.05, 3.63) is 0 Å². The Morgan fingerprint density at radius 1 is 1.12 bits per heavy atom. The summed E-state index contributed by atoms with van der Waals surface area (Å²) < 4.78 is 0. The summed E-state index contributed by atoms with van der Waals surface area (Å²) >= 11 is 0. The Balaban J connectivity index is 1.95. The van der Waals surface area contributed by atoms with E-state index in [0.29, 0.717) is 17.5 Å². The van der Waals surface area contributed by atoms with Crippen LogP contribution in [0, 0.1) is 5.41 Å². The molecule has 0 bridgehead atoms. The van der Waals surface area contributed by atoms with Crippen LogP contribution < -0.4 is 5.32 Å². The molecular formula is C14H26N2. The van der Waals surface area contributed by atoms with Gasteiger partial charge in [-0.1, -0.05) is 33.1 Å². The Labute approximate surface area is 99.9 Å². The minimum absolute atomic E-state index is 0.553. The van der Waals surface area contributed by atoms with Gasteiger partial charge in [0.15, 0.2) is 0 Å². The third-order valence-corrected chi connectivity index (χ3v) is 4.19. The molecule has 0 aromatic rings. The summed E-state index contributed by atoms with van der Waals surface area (Å²) in [4.78, 5) is 4.74. The van der Waals surface area contributed by atoms with Gasteiger partial charge in [-0.15, -0.1) is 0 Å². The van der Waals surface area contributed by atoms with Crippen molar-refractivity contribution < 1.29 is 0 Å². The van der Waals surface area contributed by atoms with E-state index < -0.39 is 0 Å². The van der Waals surface area contributed by atoms with Gasteiger partial charge in [0.25, 0.3) is 0 Å². The first-order valence-corrected chi connectivity index (χ1v) is 6.88. The van der Waals surface area contributed by atoms with Crippen molar-refractivity contribution in [1.82, 2.24) is 5.32 Å². The normalized spacial score (nSPS) is 34.8. The number of rotatable bonds is 0. The molecule has 1 fully saturated rings. The molecule has 1 saturated carbocycles. The van der Waals surface area contributed by atoms with Crippen LogP contribution in [0.25, 0.3) is 0 Å². The summed E-state index contributed by atoms with van der Waals surface area (Å²) in [5.41, 5.74) is 0.553. The van der Waals surface area contributed by atoms with Gasteiger partial charge in [-0.2, -0.15) is 0 Å². The van der Waals surface area contributed by atoms with Crippen LogP contribution in [0.2, 0.25) is 0 Å². The second-order valence-electron chi connectivity index (χ2n) is 6.33. The van der Waals surface area contributed by atoms with Crippen molar-refractivity contribution in [1.29, 1.82) is 0 Å². The SMILES string of the molecule is CC1=NC2CCCC(C)(C)CCCCC2N1. The Hall–Kier alpha value is -0.530. The third kappa shape index (κ3) is 2.99. The average molecular weight is 222 g/mol. The molecule has 2 nitrogen and oxygen atoms in total. The lowest BCUT2D eigenvalue weighted by Crippen LogP contribution is -2.34. The highest BCUT2D eigenvalue weighted by atomic mass is 15.1. The number of nitrogens with one attached hydrogen (secondary N) is 1. The van der Waals surface area contributed by atoms with E-state index in [9.17, 15) is 0 Å². The van der Waals surface area contributed by atoms with Crippen LogP contribution in [0.4, 0.5) is 0 Å². The predicted octanol–water partition coefficient (Wildman–Crippen LogP) is 3.52. The largest absolute Gasteiger partial charge is 0.369 e. The molecule has 0 amide bonds. The summed E-state index contributed by atoms with van der Waals surface area (Å²) in [5, 5.41) is 3.54. The lowest BCUT2D eigenvalue weighted by Gasteiger charge is -2.28. The zero-order valence-electron chi connectivity index (χ0n) is 11.1. The minimum Gasteiger partial charge on any atom is -0.369 e. The zero-order valence-corrected chi connectivity index (χ0v) is 11.1. The van der Waals surface area contributed by atoms with Gasteiger partial charge in [-0.05, 0) is 38.0 Å². The van der Waals surface area contributed by atoms with E-state index in [2.05, 4.69) is 26.1 Å². The summed E-state index contributed by atoms with van der Waals surface area (Å²) in [7, 11) is 0. The molecular weight excluding hydrogens is 196 g/mol. The Morgan fingerprint density at radius 3 is 2.69 bits per heavy atom. The molecule has 0 saturated heterocycles. The van der Waals surface area contributed by atoms with Crippen molar-refractivity contribution in [2.75, 3.05) is 0 Å². The highest BCUT2D eigenvalue weighted by molar-refractivity contribution is 5.81. The van der Waals surface area contributed by atoms with E-state index in [4.69, 9.17) is 4.99 Å². The highest BCUT2D eigenvalue weighted by Gasteiger charge is 2.28. The maximum absolute atomic E-state index is 4.74. The molecule has 1 aliphatic carbocycles. The van der Waals surface area contributed by atoms with Gasteiger partial charge < -0.3 is 5.32 Å². The minimum atomic E-state index is 0.553. The van der Waals surface area contributed by atoms with Gasteiger partial charge >= 0.3 is 0 Å². The molecule has 2 rings (SSSR count). The maximum atomic E-state index is 4.74. The number of amidine groups is 1. The molecule has 1 heterocycles. The predicted molar refractivity (Wildman–Crippen MR) is 69.9 cm³/mol. The fourth-order valence-corrected chi connectivity index (χ4v) is 3.15. The van der Waals surface area contributed by atoms with Crippen molar-refractivity contribution in [2.45, 2.75) is 77.8 Å². The molecule has 1 aliphatic heterocycles. The fraction of sp³-hybridized carbons (Fsp3) is 0.929. The van der Waals surface area contributed by atoms with Crippen molar-refractivity contribution in [3.63, 3.8) is 0 Å². The van der Waals surface area contributed by atoms with Crippen molar-refractivity contribution in [3.8, 4) is 0 Å². The van der Waals surface area contributed by atoms with Gasteiger partial charge in [-0.25, -0.2) is 0 Å². The average Bonchev–Trinajstić information content (AvgIpc) is 2.54. The second kappa shape index (κ2) is 4.77. The number of fused-ring (bicyclic) bond motifs is 1. The van der Waals surface area contributed by atoms with Gasteiger partial charge in [0, 0.05) is 6.04 Å². The Bertz CT molecular complexity index is 268. The molecule has 0 aromatic heterocycles. The molecule has 0 aromatic carbocycles. The number of aliphatic imine (C=N–C) groups is 1. The molecule has 1 N–H and O–H groups in total. The fourth-order valence-electron chi connectivity index (χ4n) is 3.15. The van der Waals surface area contributed by atoms with Gasteiger partial charge in [0.05, 0.1) is 11.9 Å². The highest BCUT2D eigenvalue weighted by Crippen LogP contribution is 2.33. The third-order valence-electron chi connectivity index (χ3n) is 4.19. The first kappa shape index (κ1) is 11.9. The second-order valence-corrected chi connectivity index (χ2v) is 6.33. The van der Waals surface area contributed by atoms with Crippen LogP contribution in [0.15, 0.2) is 4.99 Å². The standard InChI is InChI=1S/C14H26N2/c1-11-15-12-7-4-5-9-14(2,3)10-6-8-13(12)16-11/h12-13H,4-10H2,1-3H3,(H,15,16). The van der Waals surface area contributed by atoms with Crippen LogP contribution >= 0.6 is 0 Å². The van der Waals surface area contributed by atoms with Crippen LogP contribution in [0.3, 0.4) is 0 Å². The maximum Gasteiger partial charge on any atom is 0.0938 e. The van der Waals surface area contributed by atoms with Crippen LogP contribution in [0.5, 0.6) is 0 Å². The summed E-state index contributed by atoms with van der Waals surface area (Å²) in [6, 6.07) is 1.20. The van der Waals surface area contributed by atoms with Crippen LogP contribution in [-0.4, -0.2) is 17.9 Å². The Morgan fingerprint density at radius 2 is 1.88 bits per heavy atom. The monoisotopic (exact) mass is 222 g/mol.